The topological polar surface area (TPSA) is 64.9 Å². The van der Waals surface area contributed by atoms with E-state index in [-0.39, 0.29) is 0 Å². The molecule has 0 unspecified atom stereocenters. The van der Waals surface area contributed by atoms with Crippen molar-refractivity contribution in [3.05, 3.63) is 30.0 Å². The summed E-state index contributed by atoms with van der Waals surface area (Å²) in [7, 11) is 0. The largest absolute Gasteiger partial charge is 0.367 e. The van der Waals surface area contributed by atoms with Crippen LogP contribution in [0.1, 0.15) is 19.4 Å². The van der Waals surface area contributed by atoms with Gasteiger partial charge >= 0.3 is 0 Å². The fourth-order valence-corrected chi connectivity index (χ4v) is 1.63. The van der Waals surface area contributed by atoms with E-state index in [1.165, 1.54) is 0 Å². The highest BCUT2D eigenvalue weighted by atomic mass is 16.5. The normalized spacial score (nSPS) is 10.9. The molecule has 0 aliphatic heterocycles. The summed E-state index contributed by atoms with van der Waals surface area (Å²) < 4.78 is 5.04. The average Bonchev–Trinajstić information content (AvgIpc) is 2.61. The SMILES string of the molecule is CC(C)Cc1c(-c2ccccn2)noc1N. The minimum absolute atomic E-state index is 0.398. The van der Waals surface area contributed by atoms with Gasteiger partial charge in [0.05, 0.1) is 5.69 Å². The predicted octanol–water partition coefficient (Wildman–Crippen LogP) is 2.52. The van der Waals surface area contributed by atoms with Crippen LogP contribution < -0.4 is 5.73 Å². The van der Waals surface area contributed by atoms with Crippen LogP contribution >= 0.6 is 0 Å². The Bertz CT molecular complexity index is 462. The van der Waals surface area contributed by atoms with E-state index in [4.69, 9.17) is 10.3 Å². The number of hydrogen-bond donors (Lipinski definition) is 1. The second-order valence-electron chi connectivity index (χ2n) is 4.19. The molecule has 2 aromatic heterocycles. The summed E-state index contributed by atoms with van der Waals surface area (Å²) in [6.45, 7) is 4.27. The molecule has 2 aromatic rings. The van der Waals surface area contributed by atoms with Gasteiger partial charge < -0.3 is 10.3 Å². The van der Waals surface area contributed by atoms with Crippen LogP contribution in [0, 0.1) is 5.92 Å². The zero-order valence-electron chi connectivity index (χ0n) is 9.47. The third-order valence-corrected chi connectivity index (χ3v) is 2.34. The number of nitrogens with zero attached hydrogens (tertiary/aromatic N) is 2. The van der Waals surface area contributed by atoms with Gasteiger partial charge in [0, 0.05) is 11.8 Å². The molecule has 4 heteroatoms. The zero-order chi connectivity index (χ0) is 11.5. The van der Waals surface area contributed by atoms with Crippen LogP contribution in [-0.2, 0) is 6.42 Å². The molecular formula is C12H15N3O. The second kappa shape index (κ2) is 4.35. The van der Waals surface area contributed by atoms with Gasteiger partial charge in [-0.25, -0.2) is 0 Å². The van der Waals surface area contributed by atoms with Crippen LogP contribution in [0.15, 0.2) is 28.9 Å². The number of hydrogen-bond acceptors (Lipinski definition) is 4. The van der Waals surface area contributed by atoms with E-state index in [9.17, 15) is 0 Å². The van der Waals surface area contributed by atoms with E-state index in [0.29, 0.717) is 11.8 Å². The number of aromatic nitrogens is 2. The molecule has 0 bridgehead atoms. The van der Waals surface area contributed by atoms with E-state index in [0.717, 1.165) is 23.4 Å². The molecule has 0 aliphatic rings. The first kappa shape index (κ1) is 10.7. The van der Waals surface area contributed by atoms with Gasteiger partial charge in [0.25, 0.3) is 0 Å². The molecule has 0 radical (unpaired) electrons. The van der Waals surface area contributed by atoms with Crippen molar-refractivity contribution < 1.29 is 4.52 Å². The Kier molecular flexibility index (Phi) is 2.90. The maximum Gasteiger partial charge on any atom is 0.225 e. The number of nitrogen functional groups attached to an aromatic ring is 1. The standard InChI is InChI=1S/C12H15N3O/c1-8(2)7-9-11(15-16-12(9)13)10-5-3-4-6-14-10/h3-6,8H,7,13H2,1-2H3. The summed E-state index contributed by atoms with van der Waals surface area (Å²) in [5, 5.41) is 3.98. The molecule has 0 saturated heterocycles. The Morgan fingerprint density at radius 2 is 2.19 bits per heavy atom. The molecule has 84 valence electrons. The molecule has 4 nitrogen and oxygen atoms in total. The molecule has 0 spiro atoms. The maximum absolute atomic E-state index is 5.77. The van der Waals surface area contributed by atoms with Crippen LogP contribution in [0.4, 0.5) is 5.88 Å². The number of pyridine rings is 1. The molecule has 0 aliphatic carbocycles. The Labute approximate surface area is 94.5 Å². The second-order valence-corrected chi connectivity index (χ2v) is 4.19. The molecular weight excluding hydrogens is 202 g/mol. The molecule has 2 heterocycles. The Balaban J connectivity index is 2.42. The van der Waals surface area contributed by atoms with E-state index in [1.54, 1.807) is 6.20 Å². The number of rotatable bonds is 3. The van der Waals surface area contributed by atoms with Gasteiger partial charge in [-0.15, -0.1) is 0 Å². The first-order chi connectivity index (χ1) is 7.68. The maximum atomic E-state index is 5.77. The van der Waals surface area contributed by atoms with Crippen molar-refractivity contribution in [2.24, 2.45) is 5.92 Å². The summed E-state index contributed by atoms with van der Waals surface area (Å²) in [4.78, 5) is 4.25. The lowest BCUT2D eigenvalue weighted by molar-refractivity contribution is 0.438. The minimum atomic E-state index is 0.398. The fourth-order valence-electron chi connectivity index (χ4n) is 1.63. The summed E-state index contributed by atoms with van der Waals surface area (Å²) >= 11 is 0. The van der Waals surface area contributed by atoms with E-state index in [1.807, 2.05) is 18.2 Å². The van der Waals surface area contributed by atoms with Crippen molar-refractivity contribution in [1.82, 2.24) is 10.1 Å². The average molecular weight is 217 g/mol. The predicted molar refractivity (Wildman–Crippen MR) is 62.7 cm³/mol. The smallest absolute Gasteiger partial charge is 0.225 e. The summed E-state index contributed by atoms with van der Waals surface area (Å²) in [5.74, 6) is 0.901. The van der Waals surface area contributed by atoms with Crippen molar-refractivity contribution in [2.75, 3.05) is 5.73 Å². The van der Waals surface area contributed by atoms with Crippen LogP contribution in [0.2, 0.25) is 0 Å². The van der Waals surface area contributed by atoms with Gasteiger partial charge in [-0.3, -0.25) is 4.98 Å². The lowest BCUT2D eigenvalue weighted by Gasteiger charge is -2.04. The van der Waals surface area contributed by atoms with Gasteiger partial charge in [-0.2, -0.15) is 0 Å². The van der Waals surface area contributed by atoms with Crippen molar-refractivity contribution in [1.29, 1.82) is 0 Å². The highest BCUT2D eigenvalue weighted by Crippen LogP contribution is 2.27. The van der Waals surface area contributed by atoms with Crippen LogP contribution in [0.5, 0.6) is 0 Å². The van der Waals surface area contributed by atoms with Crippen LogP contribution in [0.3, 0.4) is 0 Å². The lowest BCUT2D eigenvalue weighted by atomic mass is 10.0. The van der Waals surface area contributed by atoms with Gasteiger partial charge in [0.1, 0.15) is 5.69 Å². The molecule has 16 heavy (non-hydrogen) atoms. The van der Waals surface area contributed by atoms with Gasteiger partial charge in [0.2, 0.25) is 5.88 Å². The van der Waals surface area contributed by atoms with Crippen molar-refractivity contribution in [3.8, 4) is 11.4 Å². The first-order valence-electron chi connectivity index (χ1n) is 5.34. The van der Waals surface area contributed by atoms with E-state index in [2.05, 4.69) is 24.0 Å². The van der Waals surface area contributed by atoms with E-state index < -0.39 is 0 Å². The number of anilines is 1. The summed E-state index contributed by atoms with van der Waals surface area (Å²) in [6.07, 6.45) is 2.58. The highest BCUT2D eigenvalue weighted by molar-refractivity contribution is 5.63. The van der Waals surface area contributed by atoms with Crippen LogP contribution in [0.25, 0.3) is 11.4 Å². The molecule has 0 aromatic carbocycles. The molecule has 0 atom stereocenters. The lowest BCUT2D eigenvalue weighted by Crippen LogP contribution is -1.99. The molecule has 0 saturated carbocycles. The van der Waals surface area contributed by atoms with E-state index >= 15 is 0 Å². The van der Waals surface area contributed by atoms with Gasteiger partial charge in [0.15, 0.2) is 0 Å². The van der Waals surface area contributed by atoms with Crippen molar-refractivity contribution >= 4 is 5.88 Å². The third kappa shape index (κ3) is 2.05. The first-order valence-corrected chi connectivity index (χ1v) is 5.34. The summed E-state index contributed by atoms with van der Waals surface area (Å²) in [5.41, 5.74) is 8.28. The molecule has 0 fully saturated rings. The zero-order valence-corrected chi connectivity index (χ0v) is 9.47. The Morgan fingerprint density at radius 1 is 1.38 bits per heavy atom. The van der Waals surface area contributed by atoms with Crippen LogP contribution in [-0.4, -0.2) is 10.1 Å². The number of nitrogens with two attached hydrogens (primary N) is 1. The van der Waals surface area contributed by atoms with Crippen molar-refractivity contribution in [2.45, 2.75) is 20.3 Å². The fraction of sp³-hybridized carbons (Fsp3) is 0.333. The summed E-state index contributed by atoms with van der Waals surface area (Å²) in [6, 6.07) is 5.70. The minimum Gasteiger partial charge on any atom is -0.367 e. The molecule has 2 rings (SSSR count). The third-order valence-electron chi connectivity index (χ3n) is 2.34. The Hall–Kier alpha value is -1.84. The Morgan fingerprint density at radius 3 is 2.81 bits per heavy atom. The van der Waals surface area contributed by atoms with Crippen molar-refractivity contribution in [3.63, 3.8) is 0 Å². The molecule has 0 amide bonds. The quantitative estimate of drug-likeness (QED) is 0.857. The van der Waals surface area contributed by atoms with Gasteiger partial charge in [-0.05, 0) is 24.5 Å². The highest BCUT2D eigenvalue weighted by Gasteiger charge is 2.16. The molecule has 2 N–H and O–H groups in total. The monoisotopic (exact) mass is 217 g/mol. The van der Waals surface area contributed by atoms with Gasteiger partial charge in [-0.1, -0.05) is 25.1 Å².